The first kappa shape index (κ1) is 8.25. The summed E-state index contributed by atoms with van der Waals surface area (Å²) < 4.78 is 1.25. The van der Waals surface area contributed by atoms with Gasteiger partial charge in [0.15, 0.2) is 0 Å². The molecular formula is C8H5BrN2O2. The second-order valence-electron chi connectivity index (χ2n) is 2.56. The van der Waals surface area contributed by atoms with Crippen LogP contribution in [0.15, 0.2) is 33.8 Å². The predicted molar refractivity (Wildman–Crippen MR) is 50.9 cm³/mol. The third kappa shape index (κ3) is 1.31. The van der Waals surface area contributed by atoms with Crippen molar-refractivity contribution in [3.63, 3.8) is 0 Å². The Morgan fingerprint density at radius 1 is 1.46 bits per heavy atom. The van der Waals surface area contributed by atoms with Gasteiger partial charge in [-0.25, -0.2) is 4.98 Å². The first-order valence-electron chi connectivity index (χ1n) is 3.54. The highest BCUT2D eigenvalue weighted by atomic mass is 79.9. The third-order valence-corrected chi connectivity index (χ3v) is 2.20. The Bertz CT molecular complexity index is 516. The molecule has 0 bridgehead atoms. The Balaban J connectivity index is 2.97. The van der Waals surface area contributed by atoms with Crippen molar-refractivity contribution in [2.45, 2.75) is 0 Å². The van der Waals surface area contributed by atoms with Crippen LogP contribution in [0.1, 0.15) is 0 Å². The zero-order valence-corrected chi connectivity index (χ0v) is 8.02. The molecule has 0 unspecified atom stereocenters. The van der Waals surface area contributed by atoms with Crippen molar-refractivity contribution in [2.24, 2.45) is 0 Å². The van der Waals surface area contributed by atoms with E-state index in [1.165, 1.54) is 0 Å². The van der Waals surface area contributed by atoms with Crippen LogP contribution in [0.5, 0.6) is 0 Å². The fourth-order valence-corrected chi connectivity index (χ4v) is 1.45. The molecule has 0 spiro atoms. The molecule has 0 aliphatic heterocycles. The van der Waals surface area contributed by atoms with Crippen molar-refractivity contribution in [3.05, 3.63) is 39.4 Å². The Kier molecular flexibility index (Phi) is 1.81. The van der Waals surface area contributed by atoms with E-state index < -0.39 is 5.56 Å². The van der Waals surface area contributed by atoms with E-state index in [-0.39, 0.29) is 0 Å². The molecule has 1 heterocycles. The van der Waals surface area contributed by atoms with E-state index in [0.29, 0.717) is 15.6 Å². The monoisotopic (exact) mass is 240 g/mol. The van der Waals surface area contributed by atoms with Crippen LogP contribution in [0.3, 0.4) is 0 Å². The van der Waals surface area contributed by atoms with Gasteiger partial charge in [0.1, 0.15) is 6.33 Å². The van der Waals surface area contributed by atoms with Crippen LogP contribution in [0.25, 0.3) is 10.9 Å². The van der Waals surface area contributed by atoms with Crippen molar-refractivity contribution < 1.29 is 5.21 Å². The molecule has 1 aromatic heterocycles. The summed E-state index contributed by atoms with van der Waals surface area (Å²) in [4.78, 5) is 15.2. The average Bonchev–Trinajstić information content (AvgIpc) is 2.12. The molecule has 0 fully saturated rings. The van der Waals surface area contributed by atoms with Gasteiger partial charge < -0.3 is 5.21 Å². The molecule has 0 aliphatic carbocycles. The van der Waals surface area contributed by atoms with Crippen LogP contribution < -0.4 is 5.56 Å². The molecule has 5 heteroatoms. The molecule has 0 saturated carbocycles. The molecule has 2 aromatic rings. The van der Waals surface area contributed by atoms with Gasteiger partial charge in [-0.15, -0.1) is 4.73 Å². The van der Waals surface area contributed by atoms with Gasteiger partial charge in [0.05, 0.1) is 10.9 Å². The van der Waals surface area contributed by atoms with Crippen LogP contribution in [-0.4, -0.2) is 14.9 Å². The quantitative estimate of drug-likeness (QED) is 0.709. The number of hydrogen-bond donors (Lipinski definition) is 1. The number of benzene rings is 1. The second kappa shape index (κ2) is 2.85. The minimum atomic E-state index is -0.466. The number of halogens is 1. The standard InChI is InChI=1S/C8H5BrN2O2/c9-5-1-2-7-6(3-5)8(12)11(13)4-10-7/h1-4,13H. The molecule has 0 saturated heterocycles. The fourth-order valence-electron chi connectivity index (χ4n) is 1.08. The van der Waals surface area contributed by atoms with Crippen LogP contribution in [-0.2, 0) is 0 Å². The number of nitrogens with zero attached hydrogens (tertiary/aromatic N) is 2. The van der Waals surface area contributed by atoms with Gasteiger partial charge in [-0.1, -0.05) is 15.9 Å². The van der Waals surface area contributed by atoms with Crippen LogP contribution in [0, 0.1) is 0 Å². The van der Waals surface area contributed by atoms with Crippen molar-refractivity contribution in [1.82, 2.24) is 9.71 Å². The molecule has 2 rings (SSSR count). The summed E-state index contributed by atoms with van der Waals surface area (Å²) in [5.74, 6) is 0. The number of hydrogen-bond acceptors (Lipinski definition) is 3. The minimum Gasteiger partial charge on any atom is -0.424 e. The van der Waals surface area contributed by atoms with Gasteiger partial charge in [-0.05, 0) is 18.2 Å². The lowest BCUT2D eigenvalue weighted by atomic mass is 10.2. The molecule has 0 amide bonds. The maximum absolute atomic E-state index is 11.3. The van der Waals surface area contributed by atoms with Crippen LogP contribution >= 0.6 is 15.9 Å². The van der Waals surface area contributed by atoms with E-state index in [9.17, 15) is 4.79 Å². The number of rotatable bonds is 0. The first-order chi connectivity index (χ1) is 6.18. The highest BCUT2D eigenvalue weighted by molar-refractivity contribution is 9.10. The highest BCUT2D eigenvalue weighted by Crippen LogP contribution is 2.14. The van der Waals surface area contributed by atoms with Gasteiger partial charge in [-0.2, -0.15) is 0 Å². The Morgan fingerprint density at radius 3 is 3.00 bits per heavy atom. The van der Waals surface area contributed by atoms with Gasteiger partial charge in [-0.3, -0.25) is 4.79 Å². The topological polar surface area (TPSA) is 55.1 Å². The summed E-state index contributed by atoms with van der Waals surface area (Å²) in [5.41, 5.74) is 0.102. The van der Waals surface area contributed by atoms with Crippen molar-refractivity contribution >= 4 is 26.8 Å². The minimum absolute atomic E-state index is 0.388. The summed E-state index contributed by atoms with van der Waals surface area (Å²) in [6.07, 6.45) is 1.08. The third-order valence-electron chi connectivity index (χ3n) is 1.70. The largest absolute Gasteiger partial charge is 0.424 e. The zero-order chi connectivity index (χ0) is 9.42. The van der Waals surface area contributed by atoms with Gasteiger partial charge in [0.25, 0.3) is 5.56 Å². The SMILES string of the molecule is O=c1c2cc(Br)ccc2ncn1O. The molecule has 0 atom stereocenters. The average molecular weight is 241 g/mol. The Hall–Kier alpha value is -1.36. The lowest BCUT2D eigenvalue weighted by molar-refractivity contribution is 0.173. The molecule has 1 aromatic carbocycles. The van der Waals surface area contributed by atoms with Crippen molar-refractivity contribution in [3.8, 4) is 0 Å². The van der Waals surface area contributed by atoms with Crippen LogP contribution in [0.4, 0.5) is 0 Å². The zero-order valence-electron chi connectivity index (χ0n) is 6.44. The molecule has 0 aliphatic rings. The van der Waals surface area contributed by atoms with E-state index in [2.05, 4.69) is 20.9 Å². The molecule has 13 heavy (non-hydrogen) atoms. The summed E-state index contributed by atoms with van der Waals surface area (Å²) in [6, 6.07) is 5.12. The predicted octanol–water partition coefficient (Wildman–Crippen LogP) is 1.40. The van der Waals surface area contributed by atoms with E-state index in [0.717, 1.165) is 10.8 Å². The van der Waals surface area contributed by atoms with Gasteiger partial charge in [0.2, 0.25) is 0 Å². The van der Waals surface area contributed by atoms with Crippen molar-refractivity contribution in [1.29, 1.82) is 0 Å². The summed E-state index contributed by atoms with van der Waals surface area (Å²) in [7, 11) is 0. The number of fused-ring (bicyclic) bond motifs is 1. The second-order valence-corrected chi connectivity index (χ2v) is 3.47. The maximum atomic E-state index is 11.3. The fraction of sp³-hybridized carbons (Fsp3) is 0. The van der Waals surface area contributed by atoms with E-state index >= 15 is 0 Å². The van der Waals surface area contributed by atoms with Crippen LogP contribution in [0.2, 0.25) is 0 Å². The highest BCUT2D eigenvalue weighted by Gasteiger charge is 2.02. The molecule has 0 radical (unpaired) electrons. The van der Waals surface area contributed by atoms with Crippen molar-refractivity contribution in [2.75, 3.05) is 0 Å². The summed E-state index contributed by atoms with van der Waals surface area (Å²) >= 11 is 3.23. The number of aromatic nitrogens is 2. The molecule has 4 nitrogen and oxygen atoms in total. The lowest BCUT2D eigenvalue weighted by Crippen LogP contribution is -2.17. The molecule has 66 valence electrons. The van der Waals surface area contributed by atoms with E-state index in [1.54, 1.807) is 18.2 Å². The first-order valence-corrected chi connectivity index (χ1v) is 4.34. The van der Waals surface area contributed by atoms with E-state index in [4.69, 9.17) is 5.21 Å². The normalized spacial score (nSPS) is 10.5. The summed E-state index contributed by atoms with van der Waals surface area (Å²) in [5, 5.41) is 9.42. The lowest BCUT2D eigenvalue weighted by Gasteiger charge is -1.98. The van der Waals surface area contributed by atoms with E-state index in [1.807, 2.05) is 0 Å². The van der Waals surface area contributed by atoms with Gasteiger partial charge in [0, 0.05) is 4.47 Å². The molecular weight excluding hydrogens is 236 g/mol. The Morgan fingerprint density at radius 2 is 2.23 bits per heavy atom. The maximum Gasteiger partial charge on any atom is 0.293 e. The Labute approximate surface area is 81.5 Å². The smallest absolute Gasteiger partial charge is 0.293 e. The molecule has 1 N–H and O–H groups in total. The van der Waals surface area contributed by atoms with Gasteiger partial charge >= 0.3 is 0 Å². The summed E-state index contributed by atoms with van der Waals surface area (Å²) in [6.45, 7) is 0.